The fraction of sp³-hybridized carbons (Fsp3) is 0.562. The van der Waals surface area contributed by atoms with Crippen molar-refractivity contribution in [3.8, 4) is 0 Å². The first-order valence-corrected chi connectivity index (χ1v) is 7.21. The monoisotopic (exact) mass is 277 g/mol. The quantitative estimate of drug-likeness (QED) is 0.635. The lowest BCUT2D eigenvalue weighted by molar-refractivity contribution is -0.118. The summed E-state index contributed by atoms with van der Waals surface area (Å²) in [5, 5.41) is 3.12. The third-order valence-electron chi connectivity index (χ3n) is 4.30. The van der Waals surface area contributed by atoms with Gasteiger partial charge in [0.15, 0.2) is 5.76 Å². The molecule has 0 spiro atoms. The molecule has 1 aliphatic carbocycles. The second-order valence-electron chi connectivity index (χ2n) is 5.60. The van der Waals surface area contributed by atoms with E-state index in [0.29, 0.717) is 23.2 Å². The van der Waals surface area contributed by atoms with E-state index in [0.717, 1.165) is 6.42 Å². The van der Waals surface area contributed by atoms with E-state index in [1.807, 2.05) is 0 Å². The molecule has 0 aromatic carbocycles. The number of nitrogens with one attached hydrogen (secondary N) is 1. The molecule has 4 nitrogen and oxygen atoms in total. The highest BCUT2D eigenvalue weighted by Gasteiger charge is 2.28. The van der Waals surface area contributed by atoms with Crippen molar-refractivity contribution in [2.45, 2.75) is 39.2 Å². The largest absolute Gasteiger partial charge is 0.461 e. The van der Waals surface area contributed by atoms with Crippen LogP contribution in [0.2, 0.25) is 0 Å². The Hall–Kier alpha value is -1.71. The lowest BCUT2D eigenvalue weighted by Gasteiger charge is -2.34. The minimum absolute atomic E-state index is 0.0950. The molecule has 110 valence electrons. The van der Waals surface area contributed by atoms with Crippen LogP contribution >= 0.6 is 0 Å². The predicted molar refractivity (Wildman–Crippen MR) is 77.5 cm³/mol. The van der Waals surface area contributed by atoms with E-state index < -0.39 is 0 Å². The van der Waals surface area contributed by atoms with Crippen LogP contribution < -0.4 is 5.32 Å². The summed E-state index contributed by atoms with van der Waals surface area (Å²) in [6, 6.07) is 0.240. The van der Waals surface area contributed by atoms with Crippen LogP contribution in [0.1, 0.15) is 33.1 Å². The van der Waals surface area contributed by atoms with Gasteiger partial charge in [0.2, 0.25) is 6.79 Å². The van der Waals surface area contributed by atoms with Crippen molar-refractivity contribution < 1.29 is 14.3 Å². The van der Waals surface area contributed by atoms with Crippen molar-refractivity contribution in [2.75, 3.05) is 6.79 Å². The number of ether oxygens (including phenoxy) is 2. The van der Waals surface area contributed by atoms with Gasteiger partial charge < -0.3 is 14.8 Å². The highest BCUT2D eigenvalue weighted by atomic mass is 16.7. The van der Waals surface area contributed by atoms with Crippen LogP contribution in [0.3, 0.4) is 0 Å². The highest BCUT2D eigenvalue weighted by molar-refractivity contribution is 5.96. The van der Waals surface area contributed by atoms with Gasteiger partial charge in [-0.3, -0.25) is 4.79 Å². The van der Waals surface area contributed by atoms with Crippen LogP contribution in [0.15, 0.2) is 36.3 Å². The Morgan fingerprint density at radius 2 is 2.25 bits per heavy atom. The second kappa shape index (κ2) is 6.64. The third-order valence-corrected chi connectivity index (χ3v) is 4.30. The maximum absolute atomic E-state index is 12.3. The van der Waals surface area contributed by atoms with Crippen LogP contribution in [0.25, 0.3) is 0 Å². The minimum atomic E-state index is -0.0950. The Kier molecular flexibility index (Phi) is 4.88. The molecule has 1 N–H and O–H groups in total. The first kappa shape index (κ1) is 14.7. The van der Waals surface area contributed by atoms with Gasteiger partial charge in [-0.15, -0.1) is 0 Å². The Bertz CT molecular complexity index is 439. The van der Waals surface area contributed by atoms with Crippen molar-refractivity contribution >= 4 is 5.91 Å². The molecule has 3 unspecified atom stereocenters. The summed E-state index contributed by atoms with van der Waals surface area (Å²) >= 11 is 0. The first-order valence-electron chi connectivity index (χ1n) is 7.21. The Balaban J connectivity index is 2.00. The molecule has 0 saturated heterocycles. The Morgan fingerprint density at radius 1 is 1.45 bits per heavy atom. The fourth-order valence-corrected chi connectivity index (χ4v) is 2.74. The SMILES string of the molecule is C=C/C(=C\C1=COCO1)C(=O)NC1CCCC(C)C1C. The summed E-state index contributed by atoms with van der Waals surface area (Å²) in [5.74, 6) is 1.62. The molecule has 0 aromatic heterocycles. The zero-order valence-corrected chi connectivity index (χ0v) is 12.2. The molecule has 0 radical (unpaired) electrons. The van der Waals surface area contributed by atoms with E-state index in [-0.39, 0.29) is 18.7 Å². The average Bonchev–Trinajstić information content (AvgIpc) is 2.94. The molecule has 1 saturated carbocycles. The molecule has 3 atom stereocenters. The Labute approximate surface area is 120 Å². The summed E-state index contributed by atoms with van der Waals surface area (Å²) in [6.07, 6.45) is 8.18. The van der Waals surface area contributed by atoms with E-state index in [4.69, 9.17) is 9.47 Å². The van der Waals surface area contributed by atoms with E-state index in [1.165, 1.54) is 19.1 Å². The number of hydrogen-bond acceptors (Lipinski definition) is 3. The standard InChI is InChI=1S/C16H23NO3/c1-4-13(8-14-9-19-10-20-14)16(18)17-15-7-5-6-11(2)12(15)3/h4,8-9,11-12,15H,1,5-7,10H2,2-3H3,(H,17,18)/b13-8+. The van der Waals surface area contributed by atoms with Gasteiger partial charge in [0.25, 0.3) is 5.91 Å². The van der Waals surface area contributed by atoms with Crippen molar-refractivity contribution in [1.82, 2.24) is 5.32 Å². The molecular formula is C16H23NO3. The number of allylic oxidation sites excluding steroid dienone is 1. The van der Waals surface area contributed by atoms with Crippen molar-refractivity contribution in [1.29, 1.82) is 0 Å². The molecular weight excluding hydrogens is 254 g/mol. The number of carbonyl (C=O) groups is 1. The number of amides is 1. The molecule has 2 aliphatic rings. The molecule has 2 rings (SSSR count). The number of hydrogen-bond donors (Lipinski definition) is 1. The van der Waals surface area contributed by atoms with Crippen LogP contribution in [0, 0.1) is 11.8 Å². The third kappa shape index (κ3) is 3.44. The number of carbonyl (C=O) groups excluding carboxylic acids is 1. The average molecular weight is 277 g/mol. The van der Waals surface area contributed by atoms with E-state index >= 15 is 0 Å². The lowest BCUT2D eigenvalue weighted by atomic mass is 9.78. The number of rotatable bonds is 4. The van der Waals surface area contributed by atoms with Crippen LogP contribution in [0.4, 0.5) is 0 Å². The van der Waals surface area contributed by atoms with Crippen LogP contribution in [0.5, 0.6) is 0 Å². The molecule has 0 aromatic rings. The Morgan fingerprint density at radius 3 is 2.90 bits per heavy atom. The summed E-state index contributed by atoms with van der Waals surface area (Å²) in [7, 11) is 0. The zero-order chi connectivity index (χ0) is 14.5. The smallest absolute Gasteiger partial charge is 0.251 e. The van der Waals surface area contributed by atoms with E-state index in [1.54, 1.807) is 12.2 Å². The summed E-state index contributed by atoms with van der Waals surface area (Å²) in [5.41, 5.74) is 0.507. The zero-order valence-electron chi connectivity index (χ0n) is 12.2. The lowest BCUT2D eigenvalue weighted by Crippen LogP contribution is -2.44. The van der Waals surface area contributed by atoms with Gasteiger partial charge in [-0.25, -0.2) is 0 Å². The summed E-state index contributed by atoms with van der Waals surface area (Å²) in [4.78, 5) is 12.3. The summed E-state index contributed by atoms with van der Waals surface area (Å²) < 4.78 is 10.2. The molecule has 1 aliphatic heterocycles. The van der Waals surface area contributed by atoms with Crippen molar-refractivity contribution in [3.05, 3.63) is 36.3 Å². The normalized spacial score (nSPS) is 30.0. The second-order valence-corrected chi connectivity index (χ2v) is 5.60. The van der Waals surface area contributed by atoms with Crippen molar-refractivity contribution in [2.24, 2.45) is 11.8 Å². The van der Waals surface area contributed by atoms with Gasteiger partial charge >= 0.3 is 0 Å². The highest BCUT2D eigenvalue weighted by Crippen LogP contribution is 2.29. The molecule has 1 fully saturated rings. The minimum Gasteiger partial charge on any atom is -0.461 e. The predicted octanol–water partition coefficient (Wildman–Crippen LogP) is 2.89. The molecule has 4 heteroatoms. The maximum Gasteiger partial charge on any atom is 0.251 e. The van der Waals surface area contributed by atoms with Gasteiger partial charge in [-0.2, -0.15) is 0 Å². The first-order chi connectivity index (χ1) is 9.61. The fourth-order valence-electron chi connectivity index (χ4n) is 2.74. The molecule has 20 heavy (non-hydrogen) atoms. The molecule has 1 amide bonds. The molecule has 1 heterocycles. The van der Waals surface area contributed by atoms with E-state index in [2.05, 4.69) is 25.7 Å². The van der Waals surface area contributed by atoms with Crippen LogP contribution in [-0.4, -0.2) is 18.7 Å². The van der Waals surface area contributed by atoms with E-state index in [9.17, 15) is 4.79 Å². The summed E-state index contributed by atoms with van der Waals surface area (Å²) in [6.45, 7) is 8.36. The topological polar surface area (TPSA) is 47.6 Å². The molecule has 0 bridgehead atoms. The van der Waals surface area contributed by atoms with Gasteiger partial charge in [0.05, 0.1) is 0 Å². The maximum atomic E-state index is 12.3. The van der Waals surface area contributed by atoms with Gasteiger partial charge in [-0.1, -0.05) is 39.3 Å². The van der Waals surface area contributed by atoms with Gasteiger partial charge in [0, 0.05) is 11.6 Å². The van der Waals surface area contributed by atoms with Gasteiger partial charge in [0.1, 0.15) is 6.26 Å². The van der Waals surface area contributed by atoms with Crippen molar-refractivity contribution in [3.63, 3.8) is 0 Å². The van der Waals surface area contributed by atoms with Gasteiger partial charge in [-0.05, 0) is 24.3 Å². The van der Waals surface area contributed by atoms with Crippen LogP contribution in [-0.2, 0) is 14.3 Å².